The number of nitrogens with zero attached hydrogens (tertiary/aromatic N) is 5. The van der Waals surface area contributed by atoms with Gasteiger partial charge in [-0.2, -0.15) is 10.1 Å². The van der Waals surface area contributed by atoms with Crippen molar-refractivity contribution < 1.29 is 18.9 Å². The van der Waals surface area contributed by atoms with Crippen molar-refractivity contribution in [3.63, 3.8) is 0 Å². The summed E-state index contributed by atoms with van der Waals surface area (Å²) < 4.78 is 10.4. The van der Waals surface area contributed by atoms with E-state index >= 15 is 0 Å². The molecule has 0 bridgehead atoms. The summed E-state index contributed by atoms with van der Waals surface area (Å²) in [6, 6.07) is 12.9. The summed E-state index contributed by atoms with van der Waals surface area (Å²) in [6.07, 6.45) is 1.41. The van der Waals surface area contributed by atoms with Crippen LogP contribution in [-0.4, -0.2) is 37.6 Å². The van der Waals surface area contributed by atoms with Crippen LogP contribution in [0.4, 0.5) is 17.3 Å². The van der Waals surface area contributed by atoms with Crippen molar-refractivity contribution in [3.8, 4) is 11.3 Å². The van der Waals surface area contributed by atoms with Crippen molar-refractivity contribution in [1.29, 1.82) is 0 Å². The Kier molecular flexibility index (Phi) is 6.42. The van der Waals surface area contributed by atoms with Crippen molar-refractivity contribution in [1.82, 2.24) is 20.3 Å². The van der Waals surface area contributed by atoms with E-state index in [2.05, 4.69) is 36.1 Å². The minimum absolute atomic E-state index is 0.0271. The number of carboxylic acid groups (broad SMARTS) is 1. The number of furan rings is 1. The lowest BCUT2D eigenvalue weighted by atomic mass is 10.1. The van der Waals surface area contributed by atoms with Gasteiger partial charge in [-0.15, -0.1) is 0 Å². The fourth-order valence-electron chi connectivity index (χ4n) is 3.09. The molecule has 0 unspecified atom stereocenters. The molecule has 11 nitrogen and oxygen atoms in total. The molecule has 0 aliphatic heterocycles. The van der Waals surface area contributed by atoms with Gasteiger partial charge >= 0.3 is 5.97 Å². The Morgan fingerprint density at radius 3 is 2.42 bits per heavy atom. The molecule has 5 rings (SSSR count). The van der Waals surface area contributed by atoms with Crippen LogP contribution in [0.5, 0.6) is 0 Å². The van der Waals surface area contributed by atoms with E-state index in [1.165, 1.54) is 18.3 Å². The van der Waals surface area contributed by atoms with Crippen LogP contribution in [0.2, 0.25) is 15.1 Å². The first-order valence-electron chi connectivity index (χ1n) is 10.0. The van der Waals surface area contributed by atoms with Gasteiger partial charge < -0.3 is 14.8 Å². The molecule has 3 heterocycles. The first-order valence-corrected chi connectivity index (χ1v) is 11.2. The fraction of sp³-hybridized carbons (Fsp3) is 0. The molecule has 14 heteroatoms. The van der Waals surface area contributed by atoms with Crippen molar-refractivity contribution in [2.75, 3.05) is 10.7 Å². The molecule has 0 radical (unpaired) electrons. The first kappa shape index (κ1) is 23.5. The number of rotatable bonds is 7. The number of hydrogen-bond acceptors (Lipinski definition) is 10. The highest BCUT2D eigenvalue weighted by Crippen LogP contribution is 2.29. The standard InChI is InChI=1S/C22H12Cl3N7O4/c23-14-4-1-10(7-13(14)22(33)34)17-6-3-12(35-17)9-26-30-19-18(28-20-21(29-19)32-36-31-20)27-11-2-5-15(24)16(25)8-11/h1-9H,(H,33,34)(H,27,28,31)(H,29,30,32)/b26-9+. The molecule has 5 aromatic rings. The SMILES string of the molecule is O=C(O)c1cc(-c2ccc(/C=N/Nc3nc4nonc4nc3Nc3ccc(Cl)c(Cl)c3)o2)ccc1Cl. The van der Waals surface area contributed by atoms with Crippen LogP contribution in [0.25, 0.3) is 22.6 Å². The lowest BCUT2D eigenvalue weighted by Crippen LogP contribution is -2.03. The maximum atomic E-state index is 11.3. The van der Waals surface area contributed by atoms with E-state index < -0.39 is 5.97 Å². The number of fused-ring (bicyclic) bond motifs is 1. The van der Waals surface area contributed by atoms with E-state index in [4.69, 9.17) is 43.8 Å². The van der Waals surface area contributed by atoms with Crippen molar-refractivity contribution in [2.45, 2.75) is 0 Å². The van der Waals surface area contributed by atoms with Crippen molar-refractivity contribution in [2.24, 2.45) is 5.10 Å². The second kappa shape index (κ2) is 9.82. The van der Waals surface area contributed by atoms with Crippen LogP contribution >= 0.6 is 34.8 Å². The van der Waals surface area contributed by atoms with Crippen LogP contribution in [0.3, 0.4) is 0 Å². The Hall–Kier alpha value is -4.19. The number of benzene rings is 2. The summed E-state index contributed by atoms with van der Waals surface area (Å²) in [6.45, 7) is 0. The fourth-order valence-corrected chi connectivity index (χ4v) is 3.59. The number of nitrogens with one attached hydrogen (secondary N) is 2. The molecule has 36 heavy (non-hydrogen) atoms. The van der Waals surface area contributed by atoms with Crippen molar-refractivity contribution >= 4 is 75.6 Å². The Morgan fingerprint density at radius 2 is 1.67 bits per heavy atom. The van der Waals surface area contributed by atoms with Crippen LogP contribution in [0.1, 0.15) is 16.1 Å². The van der Waals surface area contributed by atoms with E-state index in [0.717, 1.165) is 0 Å². The second-order valence-corrected chi connectivity index (χ2v) is 8.38. The van der Waals surface area contributed by atoms with E-state index in [-0.39, 0.29) is 33.5 Å². The highest BCUT2D eigenvalue weighted by Gasteiger charge is 2.14. The minimum atomic E-state index is -1.13. The molecule has 0 saturated carbocycles. The molecule has 0 amide bonds. The molecule has 3 N–H and O–H groups in total. The van der Waals surface area contributed by atoms with Gasteiger partial charge in [0.1, 0.15) is 11.5 Å². The van der Waals surface area contributed by atoms with Gasteiger partial charge in [0.25, 0.3) is 0 Å². The number of hydrazone groups is 1. The minimum Gasteiger partial charge on any atom is -0.478 e. The lowest BCUT2D eigenvalue weighted by molar-refractivity contribution is 0.0697. The summed E-state index contributed by atoms with van der Waals surface area (Å²) >= 11 is 18.0. The first-order chi connectivity index (χ1) is 17.4. The van der Waals surface area contributed by atoms with Gasteiger partial charge in [0.2, 0.25) is 11.3 Å². The molecule has 0 aliphatic carbocycles. The lowest BCUT2D eigenvalue weighted by Gasteiger charge is -2.09. The molecular formula is C22H12Cl3N7O4. The Balaban J connectivity index is 1.38. The summed E-state index contributed by atoms with van der Waals surface area (Å²) in [5.41, 5.74) is 4.26. The highest BCUT2D eigenvalue weighted by molar-refractivity contribution is 6.42. The van der Waals surface area contributed by atoms with Gasteiger partial charge in [0.15, 0.2) is 11.6 Å². The second-order valence-electron chi connectivity index (χ2n) is 7.16. The number of aromatic carboxylic acids is 1. The predicted octanol–water partition coefficient (Wildman–Crippen LogP) is 6.12. The summed E-state index contributed by atoms with van der Waals surface area (Å²) in [4.78, 5) is 20.0. The van der Waals surface area contributed by atoms with Gasteiger partial charge in [-0.3, -0.25) is 5.43 Å². The van der Waals surface area contributed by atoms with Crippen LogP contribution in [0.15, 0.2) is 62.7 Å². The summed E-state index contributed by atoms with van der Waals surface area (Å²) in [7, 11) is 0. The monoisotopic (exact) mass is 543 g/mol. The predicted molar refractivity (Wildman–Crippen MR) is 134 cm³/mol. The van der Waals surface area contributed by atoms with Crippen LogP contribution in [-0.2, 0) is 0 Å². The normalized spacial score (nSPS) is 11.3. The topological polar surface area (TPSA) is 152 Å². The van der Waals surface area contributed by atoms with E-state index in [1.54, 1.807) is 36.4 Å². The molecular weight excluding hydrogens is 533 g/mol. The summed E-state index contributed by atoms with van der Waals surface area (Å²) in [5, 5.41) is 24.8. The Morgan fingerprint density at radius 1 is 0.917 bits per heavy atom. The van der Waals surface area contributed by atoms with E-state index in [0.29, 0.717) is 32.8 Å². The number of carbonyl (C=O) groups is 1. The molecule has 0 saturated heterocycles. The van der Waals surface area contributed by atoms with Gasteiger partial charge in [0.05, 0.1) is 26.8 Å². The molecule has 0 aliphatic rings. The highest BCUT2D eigenvalue weighted by atomic mass is 35.5. The van der Waals surface area contributed by atoms with Crippen LogP contribution < -0.4 is 10.7 Å². The van der Waals surface area contributed by atoms with Gasteiger partial charge in [-0.05, 0) is 58.8 Å². The van der Waals surface area contributed by atoms with Gasteiger partial charge in [0, 0.05) is 11.3 Å². The molecule has 2 aromatic carbocycles. The average molecular weight is 545 g/mol. The van der Waals surface area contributed by atoms with Crippen LogP contribution in [0, 0.1) is 0 Å². The average Bonchev–Trinajstić information content (AvgIpc) is 3.51. The van der Waals surface area contributed by atoms with Gasteiger partial charge in [-0.1, -0.05) is 34.8 Å². The van der Waals surface area contributed by atoms with Crippen molar-refractivity contribution in [3.05, 3.63) is 74.9 Å². The molecule has 180 valence electrons. The largest absolute Gasteiger partial charge is 0.478 e. The maximum absolute atomic E-state index is 11.3. The third-order valence-corrected chi connectivity index (χ3v) is 5.84. The molecule has 0 atom stereocenters. The molecule has 0 spiro atoms. The molecule has 0 fully saturated rings. The Labute approximate surface area is 216 Å². The number of anilines is 3. The maximum Gasteiger partial charge on any atom is 0.337 e. The number of carboxylic acids is 1. The Bertz CT molecular complexity index is 1630. The third kappa shape index (κ3) is 4.93. The summed E-state index contributed by atoms with van der Waals surface area (Å²) in [5.74, 6) is 0.185. The zero-order valence-corrected chi connectivity index (χ0v) is 20.0. The zero-order valence-electron chi connectivity index (χ0n) is 17.7. The number of hydrogen-bond donors (Lipinski definition) is 3. The van der Waals surface area contributed by atoms with E-state index in [1.807, 2.05) is 0 Å². The third-order valence-electron chi connectivity index (χ3n) is 4.77. The van der Waals surface area contributed by atoms with E-state index in [9.17, 15) is 9.90 Å². The quantitative estimate of drug-likeness (QED) is 0.161. The van der Waals surface area contributed by atoms with Gasteiger partial charge in [-0.25, -0.2) is 14.4 Å². The molecule has 3 aromatic heterocycles. The number of aromatic nitrogens is 4. The number of halogens is 3. The smallest absolute Gasteiger partial charge is 0.337 e. The zero-order chi connectivity index (χ0) is 25.2.